The molecule has 0 spiro atoms. The highest BCUT2D eigenvalue weighted by Gasteiger charge is 1.93. The van der Waals surface area contributed by atoms with E-state index < -0.39 is 0 Å². The number of rotatable bonds is 6. The molecular formula is C10H20N. The van der Waals surface area contributed by atoms with Crippen molar-refractivity contribution in [1.29, 1.82) is 0 Å². The molecule has 0 heterocycles. The Morgan fingerprint density at radius 2 is 2.00 bits per heavy atom. The molecule has 0 bridgehead atoms. The van der Waals surface area contributed by atoms with E-state index in [2.05, 4.69) is 25.8 Å². The molecule has 0 atom stereocenters. The number of hydrogen-bond acceptors (Lipinski definition) is 1. The van der Waals surface area contributed by atoms with Gasteiger partial charge in [-0.25, -0.2) is 0 Å². The average Bonchev–Trinajstić information content (AvgIpc) is 2.05. The maximum atomic E-state index is 4.45. The number of unbranched alkanes of at least 4 members (excludes halogenated alkanes) is 1. The van der Waals surface area contributed by atoms with Crippen molar-refractivity contribution in [3.63, 3.8) is 0 Å². The van der Waals surface area contributed by atoms with Crippen LogP contribution in [0.4, 0.5) is 0 Å². The average molecular weight is 154 g/mol. The molecule has 0 aromatic heterocycles. The lowest BCUT2D eigenvalue weighted by molar-refractivity contribution is 0.819. The predicted octanol–water partition coefficient (Wildman–Crippen LogP) is 3.25. The van der Waals surface area contributed by atoms with Crippen molar-refractivity contribution in [2.45, 2.75) is 46.0 Å². The fraction of sp³-hybridized carbons (Fsp3) is 0.800. The molecule has 11 heavy (non-hydrogen) atoms. The van der Waals surface area contributed by atoms with Crippen molar-refractivity contribution in [3.05, 3.63) is 6.92 Å². The summed E-state index contributed by atoms with van der Waals surface area (Å²) in [6.45, 7) is 9.21. The summed E-state index contributed by atoms with van der Waals surface area (Å²) < 4.78 is 0. The van der Waals surface area contributed by atoms with Crippen LogP contribution in [0, 0.1) is 6.92 Å². The fourth-order valence-corrected chi connectivity index (χ4v) is 0.934. The van der Waals surface area contributed by atoms with E-state index in [1.807, 2.05) is 0 Å². The molecule has 65 valence electrons. The minimum absolute atomic E-state index is 0.889. The molecule has 1 radical (unpaired) electrons. The Morgan fingerprint density at radius 1 is 1.27 bits per heavy atom. The minimum Gasteiger partial charge on any atom is -0.294 e. The van der Waals surface area contributed by atoms with E-state index in [0.29, 0.717) is 0 Å². The van der Waals surface area contributed by atoms with Crippen molar-refractivity contribution in [1.82, 2.24) is 0 Å². The molecule has 0 N–H and O–H groups in total. The van der Waals surface area contributed by atoms with Gasteiger partial charge in [0, 0.05) is 12.3 Å². The Hall–Kier alpha value is -0.330. The quantitative estimate of drug-likeness (QED) is 0.521. The lowest BCUT2D eigenvalue weighted by Gasteiger charge is -2.01. The van der Waals surface area contributed by atoms with Gasteiger partial charge in [-0.1, -0.05) is 20.3 Å². The zero-order valence-corrected chi connectivity index (χ0v) is 7.90. The van der Waals surface area contributed by atoms with Crippen LogP contribution < -0.4 is 0 Å². The first-order valence-corrected chi connectivity index (χ1v) is 4.66. The second-order valence-corrected chi connectivity index (χ2v) is 2.80. The molecule has 0 unspecified atom stereocenters. The number of hydrogen-bond donors (Lipinski definition) is 0. The van der Waals surface area contributed by atoms with Crippen molar-refractivity contribution in [2.24, 2.45) is 4.99 Å². The standard InChI is InChI=1S/C10H20N/c1-4-7-8-10(6-3)11-9-5-2/h3-9H2,1-2H3/b11-10-. The predicted molar refractivity (Wildman–Crippen MR) is 52.1 cm³/mol. The van der Waals surface area contributed by atoms with Gasteiger partial charge in [0.25, 0.3) is 0 Å². The molecule has 0 amide bonds. The zero-order valence-electron chi connectivity index (χ0n) is 7.90. The molecular weight excluding hydrogens is 134 g/mol. The van der Waals surface area contributed by atoms with Crippen LogP contribution in [-0.4, -0.2) is 12.3 Å². The number of nitrogens with zero attached hydrogens (tertiary/aromatic N) is 1. The molecule has 0 rings (SSSR count). The van der Waals surface area contributed by atoms with Crippen LogP contribution in [0.5, 0.6) is 0 Å². The molecule has 1 nitrogen and oxygen atoms in total. The summed E-state index contributed by atoms with van der Waals surface area (Å²) in [7, 11) is 0. The maximum Gasteiger partial charge on any atom is 0.0386 e. The van der Waals surface area contributed by atoms with E-state index in [9.17, 15) is 0 Å². The van der Waals surface area contributed by atoms with Crippen LogP contribution in [0.2, 0.25) is 0 Å². The summed E-state index contributed by atoms with van der Waals surface area (Å²) in [6.07, 6.45) is 5.71. The highest BCUT2D eigenvalue weighted by atomic mass is 14.7. The summed E-state index contributed by atoms with van der Waals surface area (Å²) >= 11 is 0. The lowest BCUT2D eigenvalue weighted by atomic mass is 10.1. The van der Waals surface area contributed by atoms with E-state index in [-0.39, 0.29) is 0 Å². The van der Waals surface area contributed by atoms with Crippen LogP contribution in [0.3, 0.4) is 0 Å². The smallest absolute Gasteiger partial charge is 0.0386 e. The zero-order chi connectivity index (χ0) is 8.53. The monoisotopic (exact) mass is 154 g/mol. The third-order valence-electron chi connectivity index (χ3n) is 1.67. The molecule has 0 saturated heterocycles. The van der Waals surface area contributed by atoms with Crippen LogP contribution in [0.15, 0.2) is 4.99 Å². The van der Waals surface area contributed by atoms with E-state index >= 15 is 0 Å². The van der Waals surface area contributed by atoms with Crippen LogP contribution in [0.25, 0.3) is 0 Å². The molecule has 0 aromatic rings. The summed E-state index contributed by atoms with van der Waals surface area (Å²) in [5, 5.41) is 0. The van der Waals surface area contributed by atoms with Crippen molar-refractivity contribution < 1.29 is 0 Å². The largest absolute Gasteiger partial charge is 0.294 e. The second kappa shape index (κ2) is 7.77. The third-order valence-corrected chi connectivity index (χ3v) is 1.67. The topological polar surface area (TPSA) is 12.4 Å². The Labute approximate surface area is 70.9 Å². The number of aliphatic imine (C=N–C) groups is 1. The minimum atomic E-state index is 0.889. The first-order valence-electron chi connectivity index (χ1n) is 4.66. The van der Waals surface area contributed by atoms with Crippen LogP contribution >= 0.6 is 0 Å². The first kappa shape index (κ1) is 10.7. The lowest BCUT2D eigenvalue weighted by Crippen LogP contribution is -1.97. The van der Waals surface area contributed by atoms with E-state index in [1.54, 1.807) is 0 Å². The second-order valence-electron chi connectivity index (χ2n) is 2.80. The van der Waals surface area contributed by atoms with E-state index in [0.717, 1.165) is 25.8 Å². The highest BCUT2D eigenvalue weighted by molar-refractivity contribution is 5.84. The Bertz CT molecular complexity index is 105. The third kappa shape index (κ3) is 6.08. The normalized spacial score (nSPS) is 12.1. The maximum absolute atomic E-state index is 4.45. The molecule has 0 fully saturated rings. The molecule has 0 saturated carbocycles. The van der Waals surface area contributed by atoms with Gasteiger partial charge in [-0.3, -0.25) is 4.99 Å². The summed E-state index contributed by atoms with van der Waals surface area (Å²) in [5.74, 6) is 0. The molecule has 0 aromatic carbocycles. The molecule has 0 aliphatic carbocycles. The van der Waals surface area contributed by atoms with Gasteiger partial charge in [0.2, 0.25) is 0 Å². The van der Waals surface area contributed by atoms with Crippen molar-refractivity contribution in [3.8, 4) is 0 Å². The Morgan fingerprint density at radius 3 is 2.45 bits per heavy atom. The van der Waals surface area contributed by atoms with Gasteiger partial charge in [0.15, 0.2) is 0 Å². The van der Waals surface area contributed by atoms with Crippen LogP contribution in [0.1, 0.15) is 46.0 Å². The highest BCUT2D eigenvalue weighted by Crippen LogP contribution is 2.00. The molecule has 1 heteroatoms. The summed E-state index contributed by atoms with van der Waals surface area (Å²) in [5.41, 5.74) is 1.30. The SMILES string of the molecule is [CH2]C/C(CCCC)=N/CCC. The Kier molecular flexibility index (Phi) is 7.54. The first-order chi connectivity index (χ1) is 5.35. The van der Waals surface area contributed by atoms with Gasteiger partial charge in [-0.15, -0.1) is 0 Å². The van der Waals surface area contributed by atoms with Crippen molar-refractivity contribution in [2.75, 3.05) is 6.54 Å². The summed E-state index contributed by atoms with van der Waals surface area (Å²) in [6, 6.07) is 0. The fourth-order valence-electron chi connectivity index (χ4n) is 0.934. The molecule has 0 aliphatic heterocycles. The Balaban J connectivity index is 3.55. The van der Waals surface area contributed by atoms with Gasteiger partial charge >= 0.3 is 0 Å². The van der Waals surface area contributed by atoms with Crippen molar-refractivity contribution >= 4 is 5.71 Å². The summed E-state index contributed by atoms with van der Waals surface area (Å²) in [4.78, 5) is 4.45. The van der Waals surface area contributed by atoms with Gasteiger partial charge in [-0.2, -0.15) is 0 Å². The van der Waals surface area contributed by atoms with E-state index in [1.165, 1.54) is 18.6 Å². The van der Waals surface area contributed by atoms with E-state index in [4.69, 9.17) is 0 Å². The molecule has 0 aliphatic rings. The van der Waals surface area contributed by atoms with Gasteiger partial charge in [0.05, 0.1) is 0 Å². The van der Waals surface area contributed by atoms with Gasteiger partial charge in [-0.05, 0) is 32.6 Å². The van der Waals surface area contributed by atoms with Gasteiger partial charge < -0.3 is 0 Å². The van der Waals surface area contributed by atoms with Crippen LogP contribution in [-0.2, 0) is 0 Å². The van der Waals surface area contributed by atoms with Gasteiger partial charge in [0.1, 0.15) is 0 Å².